The number of hydrogen-bond donors (Lipinski definition) is 4. The Morgan fingerprint density at radius 2 is 0.721 bits per heavy atom. The summed E-state index contributed by atoms with van der Waals surface area (Å²) in [6.45, 7) is 41.2. The van der Waals surface area contributed by atoms with Crippen molar-refractivity contribution in [3.05, 3.63) is 230 Å². The molecule has 0 radical (unpaired) electrons. The molecule has 6 aromatic rings. The van der Waals surface area contributed by atoms with Crippen molar-refractivity contribution >= 4 is 141 Å². The zero-order chi connectivity index (χ0) is 83.0. The Hall–Kier alpha value is -6.27. The number of halogens is 5. The van der Waals surface area contributed by atoms with Crippen molar-refractivity contribution in [2.75, 3.05) is 26.4 Å². The molecule has 602 valence electrons. The lowest BCUT2D eigenvalue weighted by Gasteiger charge is -2.32. The standard InChI is InChI=1S/C16H22O2.C16H20O2.C14H18O2.C13H15BrO2.C10H10Br2O2.C8H15BO2.C8H6Br2O2.C3H7BO2/c2*1-4-18-16(17)10-15-13(11(2)3)6-5-7-14(15)12-8-9-12;1-9(2)11-4-3-5-12(10-6-7-10)13(11)8-14(15)16;1-4-16-13(15)8-11-10(9(2)3)6-5-7-12(11)14;1-2-14-10(13)6-7-8(11)4-3-5-9(7)12;1-6-9-10-7(2,3)8(4,5)11-9;9-6-2-1-3-7(10)5(6)4-8(11)12;5-4(6)3-1-2-3/h5-7,11-12H,4,8-10H2,1-3H3;5-7,12H,2,4,8-10H2,1,3H3;3-5,9-10H,6-8H2,1-2H3,(H,15,16);5-7H,2,4,8H2,1,3H3;3-5H,2,6H2,1H3;6H,1H2,2-5H3;1-3H,4H2,(H,11,12);3,5-6H,1-2H2. The highest BCUT2D eigenvalue weighted by Crippen LogP contribution is 2.46. The first kappa shape index (κ1) is 97.1. The zero-order valence-corrected chi connectivity index (χ0v) is 74.9. The van der Waals surface area contributed by atoms with Gasteiger partial charge in [-0.05, 0) is 246 Å². The van der Waals surface area contributed by atoms with Crippen LogP contribution < -0.4 is 0 Å². The van der Waals surface area contributed by atoms with Crippen LogP contribution in [0, 0.1) is 0 Å². The highest BCUT2D eigenvalue weighted by molar-refractivity contribution is 9.11. The Morgan fingerprint density at radius 3 is 1.01 bits per heavy atom. The van der Waals surface area contributed by atoms with Crippen molar-refractivity contribution < 1.29 is 77.3 Å². The van der Waals surface area contributed by atoms with Crippen LogP contribution in [0.1, 0.15) is 250 Å². The molecule has 11 rings (SSSR count). The van der Waals surface area contributed by atoms with Gasteiger partial charge < -0.3 is 48.5 Å². The molecule has 0 spiro atoms. The van der Waals surface area contributed by atoms with Crippen molar-refractivity contribution in [3.8, 4) is 0 Å². The summed E-state index contributed by atoms with van der Waals surface area (Å²) in [5.41, 5.74) is 16.1. The topological polar surface area (TPSA) is 239 Å². The molecule has 111 heavy (non-hydrogen) atoms. The van der Waals surface area contributed by atoms with E-state index in [0.29, 0.717) is 68.9 Å². The molecule has 4 aliphatic carbocycles. The minimum absolute atomic E-state index is 0.0298. The van der Waals surface area contributed by atoms with Gasteiger partial charge in [0.05, 0.1) is 76.2 Å². The number of carboxylic acids is 2. The summed E-state index contributed by atoms with van der Waals surface area (Å²) in [7, 11) is -1.29. The first-order valence-electron chi connectivity index (χ1n) is 38.1. The Balaban J connectivity index is 0.000000271. The molecule has 5 aliphatic rings. The molecule has 5 fully saturated rings. The van der Waals surface area contributed by atoms with Crippen LogP contribution in [0.3, 0.4) is 0 Å². The Bertz CT molecular complexity index is 4000. The maximum atomic E-state index is 11.8. The summed E-state index contributed by atoms with van der Waals surface area (Å²) in [4.78, 5) is 67.6. The predicted molar refractivity (Wildman–Crippen MR) is 464 cm³/mol. The van der Waals surface area contributed by atoms with E-state index in [9.17, 15) is 28.8 Å². The fraction of sp³-hybridized carbons (Fsp3) is 0.455. The minimum atomic E-state index is -1.04. The van der Waals surface area contributed by atoms with Crippen LogP contribution in [0.5, 0.6) is 0 Å². The van der Waals surface area contributed by atoms with Gasteiger partial charge >= 0.3 is 50.1 Å². The smallest absolute Gasteiger partial charge is 0.481 e. The van der Waals surface area contributed by atoms with Crippen LogP contribution in [-0.2, 0) is 95.5 Å². The molecule has 0 bridgehead atoms. The first-order chi connectivity index (χ1) is 52.4. The van der Waals surface area contributed by atoms with Gasteiger partial charge in [0.25, 0.3) is 0 Å². The van der Waals surface area contributed by atoms with E-state index in [1.165, 1.54) is 71.9 Å². The largest absolute Gasteiger partial charge is 0.486 e. The highest BCUT2D eigenvalue weighted by Gasteiger charge is 2.50. The third-order valence-electron chi connectivity index (χ3n) is 18.8. The summed E-state index contributed by atoms with van der Waals surface area (Å²) in [6.07, 6.45) is 11.0. The third kappa shape index (κ3) is 33.6. The molecular formula is C88H113B2Br5O16. The number of carboxylic acid groups (broad SMARTS) is 2. The highest BCUT2D eigenvalue weighted by atomic mass is 79.9. The number of carbonyl (C=O) groups excluding carboxylic acids is 4. The average molecular weight is 1850 g/mol. The molecule has 6 aromatic carbocycles. The van der Waals surface area contributed by atoms with Crippen molar-refractivity contribution in [1.82, 2.24) is 0 Å². The molecule has 4 N–H and O–H groups in total. The second kappa shape index (κ2) is 48.2. The lowest BCUT2D eigenvalue weighted by atomic mass is 9.84. The predicted octanol–water partition coefficient (Wildman–Crippen LogP) is 22.0. The second-order valence-electron chi connectivity index (χ2n) is 29.2. The number of rotatable bonds is 25. The summed E-state index contributed by atoms with van der Waals surface area (Å²) in [5.74, 6) is 2.44. The van der Waals surface area contributed by atoms with Crippen molar-refractivity contribution in [3.63, 3.8) is 0 Å². The monoisotopic (exact) mass is 1840 g/mol. The average Bonchev–Trinajstić information content (AvgIpc) is 1.84. The third-order valence-corrected chi connectivity index (χ3v) is 22.6. The first-order valence-corrected chi connectivity index (χ1v) is 42.0. The number of ether oxygens (including phenoxy) is 4. The quantitative estimate of drug-likeness (QED) is 0.0237. The zero-order valence-electron chi connectivity index (χ0n) is 67.0. The summed E-state index contributed by atoms with van der Waals surface area (Å²) >= 11 is 16.8. The van der Waals surface area contributed by atoms with E-state index >= 15 is 0 Å². The van der Waals surface area contributed by atoms with E-state index in [1.807, 2.05) is 116 Å². The van der Waals surface area contributed by atoms with Gasteiger partial charge in [-0.1, -0.05) is 229 Å². The molecule has 0 atom stereocenters. The molecule has 4 saturated carbocycles. The molecule has 0 amide bonds. The lowest BCUT2D eigenvalue weighted by molar-refractivity contribution is -0.143. The molecule has 23 heteroatoms. The van der Waals surface area contributed by atoms with Crippen LogP contribution in [0.4, 0.5) is 0 Å². The summed E-state index contributed by atoms with van der Waals surface area (Å²) < 4.78 is 35.5. The van der Waals surface area contributed by atoms with E-state index in [1.54, 1.807) is 19.8 Å². The van der Waals surface area contributed by atoms with Crippen LogP contribution in [0.25, 0.3) is 11.1 Å². The fourth-order valence-electron chi connectivity index (χ4n) is 11.9. The van der Waals surface area contributed by atoms with Crippen molar-refractivity contribution in [2.45, 2.75) is 233 Å². The van der Waals surface area contributed by atoms with Gasteiger partial charge in [0, 0.05) is 22.4 Å². The molecule has 0 unspecified atom stereocenters. The molecule has 16 nitrogen and oxygen atoms in total. The van der Waals surface area contributed by atoms with Gasteiger partial charge in [0.15, 0.2) is 0 Å². The molecule has 1 heterocycles. The maximum Gasteiger partial charge on any atom is 0.486 e. The van der Waals surface area contributed by atoms with E-state index < -0.39 is 19.1 Å². The molecule has 1 saturated heterocycles. The van der Waals surface area contributed by atoms with Gasteiger partial charge in [0.2, 0.25) is 0 Å². The molecular weight excluding hydrogens is 1730 g/mol. The van der Waals surface area contributed by atoms with Gasteiger partial charge in [-0.2, -0.15) is 0 Å². The number of aliphatic carboxylic acids is 2. The number of hydrogen-bond acceptors (Lipinski definition) is 14. The maximum absolute atomic E-state index is 11.8. The summed E-state index contributed by atoms with van der Waals surface area (Å²) in [6, 6.07) is 35.9. The summed E-state index contributed by atoms with van der Waals surface area (Å²) in [5, 5.41) is 34.1. The van der Waals surface area contributed by atoms with Gasteiger partial charge in [-0.15, -0.1) is 6.58 Å². The lowest BCUT2D eigenvalue weighted by Crippen LogP contribution is -2.41. The van der Waals surface area contributed by atoms with Gasteiger partial charge in [0.1, 0.15) is 0 Å². The number of esters is 4. The Labute approximate surface area is 702 Å². The van der Waals surface area contributed by atoms with E-state index in [2.05, 4.69) is 176 Å². The van der Waals surface area contributed by atoms with Crippen molar-refractivity contribution in [1.29, 1.82) is 0 Å². The molecule has 0 aromatic heterocycles. The van der Waals surface area contributed by atoms with E-state index in [4.69, 9.17) is 48.5 Å². The van der Waals surface area contributed by atoms with E-state index in [-0.39, 0.29) is 73.7 Å². The van der Waals surface area contributed by atoms with Gasteiger partial charge in [-0.25, -0.2) is 0 Å². The van der Waals surface area contributed by atoms with Crippen LogP contribution in [0.2, 0.25) is 5.82 Å². The number of carbonyl (C=O) groups is 6. The van der Waals surface area contributed by atoms with Crippen LogP contribution in [0.15, 0.2) is 157 Å². The minimum Gasteiger partial charge on any atom is -0.481 e. The second-order valence-corrected chi connectivity index (χ2v) is 33.5. The van der Waals surface area contributed by atoms with Gasteiger partial charge in [-0.3, -0.25) is 28.8 Å². The van der Waals surface area contributed by atoms with E-state index in [0.717, 1.165) is 85.3 Å². The van der Waals surface area contributed by atoms with Crippen LogP contribution in [-0.4, -0.2) is 108 Å². The number of benzene rings is 6. The Morgan fingerprint density at radius 1 is 0.450 bits per heavy atom. The van der Waals surface area contributed by atoms with Crippen molar-refractivity contribution in [2.24, 2.45) is 0 Å². The van der Waals surface area contributed by atoms with Crippen LogP contribution >= 0.6 is 79.6 Å². The SMILES string of the molecule is C=C(C)c1cccc(Br)c1CC(=O)OCC.C=C(C)c1cccc(C2CC2)c1CC(=O)OCC.C=CB1OC(C)(C)C(C)(C)O1.CC(C)c1cccc(C2CC2)c1CC(=O)O.CCOC(=O)Cc1c(Br)cccc1Br.CCOC(=O)Cc1c(C(C)C)cccc1C1CC1.O=C(O)Cc1c(Br)cccc1Br.OB(O)C1CC1. The number of allylic oxidation sites excluding steroid dienone is 2. The fourth-order valence-corrected chi connectivity index (χ4v) is 15.0. The Kier molecular flexibility index (Phi) is 42.1. The molecule has 1 aliphatic heterocycles. The normalized spacial score (nSPS) is 14.5.